The van der Waals surface area contributed by atoms with E-state index in [-0.39, 0.29) is 30.5 Å². The highest BCUT2D eigenvalue weighted by molar-refractivity contribution is 14.0. The first kappa shape index (κ1) is 20.4. The highest BCUT2D eigenvalue weighted by Gasteiger charge is 2.26. The van der Waals surface area contributed by atoms with Crippen LogP contribution in [0, 0.1) is 6.92 Å². The van der Waals surface area contributed by atoms with E-state index in [9.17, 15) is 5.11 Å². The quantitative estimate of drug-likeness (QED) is 0.350. The Balaban J connectivity index is 0.00000288. The van der Waals surface area contributed by atoms with Crippen LogP contribution in [0.4, 0.5) is 0 Å². The Morgan fingerprint density at radius 3 is 2.71 bits per heavy atom. The normalized spacial score (nSPS) is 14.0. The minimum atomic E-state index is -1.12. The molecule has 0 fully saturated rings. The van der Waals surface area contributed by atoms with Crippen molar-refractivity contribution in [1.82, 2.24) is 25.4 Å². The minimum Gasteiger partial charge on any atom is -0.466 e. The Bertz CT molecular complexity index is 651. The molecule has 0 aliphatic rings. The molecule has 1 unspecified atom stereocenters. The Hall–Kier alpha value is -1.62. The second-order valence-corrected chi connectivity index (χ2v) is 5.52. The third kappa shape index (κ3) is 5.20. The van der Waals surface area contributed by atoms with Crippen molar-refractivity contribution in [3.63, 3.8) is 0 Å². The van der Waals surface area contributed by atoms with E-state index in [2.05, 4.69) is 25.8 Å². The van der Waals surface area contributed by atoms with Crippen molar-refractivity contribution in [3.05, 3.63) is 35.8 Å². The van der Waals surface area contributed by atoms with E-state index in [1.807, 2.05) is 25.5 Å². The van der Waals surface area contributed by atoms with Gasteiger partial charge in [-0.3, -0.25) is 0 Å². The van der Waals surface area contributed by atoms with Crippen LogP contribution in [0.3, 0.4) is 0 Å². The number of aryl methyl sites for hydroxylation is 1. The molecule has 24 heavy (non-hydrogen) atoms. The summed E-state index contributed by atoms with van der Waals surface area (Å²) in [5, 5.41) is 24.8. The van der Waals surface area contributed by atoms with E-state index in [4.69, 9.17) is 4.42 Å². The molecule has 0 bridgehead atoms. The fourth-order valence-corrected chi connectivity index (χ4v) is 2.01. The monoisotopic (exact) mass is 448 g/mol. The van der Waals surface area contributed by atoms with Crippen LogP contribution in [-0.2, 0) is 19.2 Å². The average Bonchev–Trinajstić information content (AvgIpc) is 3.15. The van der Waals surface area contributed by atoms with E-state index < -0.39 is 5.60 Å². The molecule has 3 N–H and O–H groups in total. The maximum atomic E-state index is 10.5. The van der Waals surface area contributed by atoms with E-state index in [1.165, 1.54) is 0 Å². The lowest BCUT2D eigenvalue weighted by Gasteiger charge is -2.22. The lowest BCUT2D eigenvalue weighted by molar-refractivity contribution is 0.0386. The predicted octanol–water partition coefficient (Wildman–Crippen LogP) is 1.30. The molecule has 8 nitrogen and oxygen atoms in total. The van der Waals surface area contributed by atoms with Gasteiger partial charge in [-0.25, -0.2) is 4.99 Å². The summed E-state index contributed by atoms with van der Waals surface area (Å²) >= 11 is 0. The SMILES string of the molecule is CCNC(=NCc1nnc(C)n1C)NCC(C)(O)c1ccco1.I. The van der Waals surface area contributed by atoms with Crippen molar-refractivity contribution >= 4 is 29.9 Å². The Morgan fingerprint density at radius 1 is 1.42 bits per heavy atom. The van der Waals surface area contributed by atoms with E-state index in [1.54, 1.807) is 25.3 Å². The van der Waals surface area contributed by atoms with Gasteiger partial charge in [0.25, 0.3) is 0 Å². The van der Waals surface area contributed by atoms with Crippen LogP contribution in [0.2, 0.25) is 0 Å². The van der Waals surface area contributed by atoms with Gasteiger partial charge in [0.05, 0.1) is 12.8 Å². The molecule has 0 aliphatic carbocycles. The summed E-state index contributed by atoms with van der Waals surface area (Å²) in [7, 11) is 1.90. The largest absolute Gasteiger partial charge is 0.466 e. The average molecular weight is 448 g/mol. The molecule has 9 heteroatoms. The predicted molar refractivity (Wildman–Crippen MR) is 102 cm³/mol. The standard InChI is InChI=1S/C15H24N6O2.HI/c1-5-16-14(17-9-13-20-19-11(2)21(13)4)18-10-15(3,22)12-7-6-8-23-12;/h6-8,22H,5,9-10H2,1-4H3,(H2,16,17,18);1H. The number of nitrogens with zero attached hydrogens (tertiary/aromatic N) is 4. The number of guanidine groups is 1. The van der Waals surface area contributed by atoms with Gasteiger partial charge in [0, 0.05) is 13.6 Å². The first-order chi connectivity index (χ1) is 10.9. The number of hydrogen-bond acceptors (Lipinski definition) is 5. The van der Waals surface area contributed by atoms with Crippen LogP contribution in [0.5, 0.6) is 0 Å². The third-order valence-corrected chi connectivity index (χ3v) is 3.56. The van der Waals surface area contributed by atoms with Gasteiger partial charge in [0.15, 0.2) is 11.8 Å². The number of aliphatic imine (C=N–C) groups is 1. The fraction of sp³-hybridized carbons (Fsp3) is 0.533. The summed E-state index contributed by atoms with van der Waals surface area (Å²) in [5.41, 5.74) is -1.12. The molecule has 0 aliphatic heterocycles. The van der Waals surface area contributed by atoms with Crippen molar-refractivity contribution < 1.29 is 9.52 Å². The Labute approximate surface area is 158 Å². The topological polar surface area (TPSA) is 100 Å². The van der Waals surface area contributed by atoms with Gasteiger partial charge in [0.2, 0.25) is 0 Å². The second kappa shape index (κ2) is 9.02. The molecular weight excluding hydrogens is 423 g/mol. The maximum Gasteiger partial charge on any atom is 0.191 e. The van der Waals surface area contributed by atoms with Crippen LogP contribution in [0.15, 0.2) is 27.8 Å². The molecule has 0 radical (unpaired) electrons. The number of aromatic nitrogens is 3. The van der Waals surface area contributed by atoms with Gasteiger partial charge in [-0.2, -0.15) is 0 Å². The minimum absolute atomic E-state index is 0. The fourth-order valence-electron chi connectivity index (χ4n) is 2.01. The summed E-state index contributed by atoms with van der Waals surface area (Å²) in [6, 6.07) is 3.49. The van der Waals surface area contributed by atoms with Crippen LogP contribution >= 0.6 is 24.0 Å². The van der Waals surface area contributed by atoms with Crippen LogP contribution in [-0.4, -0.2) is 38.9 Å². The number of hydrogen-bond donors (Lipinski definition) is 3. The number of nitrogens with one attached hydrogen (secondary N) is 2. The van der Waals surface area contributed by atoms with Gasteiger partial charge < -0.3 is 24.7 Å². The number of furan rings is 1. The highest BCUT2D eigenvalue weighted by atomic mass is 127. The number of rotatable bonds is 6. The van der Waals surface area contributed by atoms with Crippen LogP contribution in [0.1, 0.15) is 31.3 Å². The Kier molecular flexibility index (Phi) is 7.67. The van der Waals surface area contributed by atoms with E-state index in [0.29, 0.717) is 24.8 Å². The molecule has 2 aromatic rings. The summed E-state index contributed by atoms with van der Waals surface area (Å²) < 4.78 is 7.16. The molecule has 0 spiro atoms. The zero-order valence-corrected chi connectivity index (χ0v) is 16.7. The van der Waals surface area contributed by atoms with Crippen LogP contribution < -0.4 is 10.6 Å². The summed E-state index contributed by atoms with van der Waals surface area (Å²) in [6.07, 6.45) is 1.54. The summed E-state index contributed by atoms with van der Waals surface area (Å²) in [5.74, 6) is 2.72. The van der Waals surface area contributed by atoms with Gasteiger partial charge in [-0.05, 0) is 32.9 Å². The van der Waals surface area contributed by atoms with Gasteiger partial charge in [-0.1, -0.05) is 0 Å². The molecule has 0 amide bonds. The van der Waals surface area contributed by atoms with Crippen molar-refractivity contribution in [3.8, 4) is 0 Å². The lowest BCUT2D eigenvalue weighted by Crippen LogP contribution is -2.44. The molecular formula is C15H25IN6O2. The van der Waals surface area contributed by atoms with Crippen molar-refractivity contribution in [2.45, 2.75) is 32.9 Å². The molecule has 2 aromatic heterocycles. The zero-order valence-electron chi connectivity index (χ0n) is 14.4. The second-order valence-electron chi connectivity index (χ2n) is 5.52. The van der Waals surface area contributed by atoms with E-state index >= 15 is 0 Å². The smallest absolute Gasteiger partial charge is 0.191 e. The highest BCUT2D eigenvalue weighted by Crippen LogP contribution is 2.19. The third-order valence-electron chi connectivity index (χ3n) is 3.56. The Morgan fingerprint density at radius 2 is 2.17 bits per heavy atom. The molecule has 134 valence electrons. The van der Waals surface area contributed by atoms with Gasteiger partial charge >= 0.3 is 0 Å². The van der Waals surface area contributed by atoms with Crippen LogP contribution in [0.25, 0.3) is 0 Å². The first-order valence-corrected chi connectivity index (χ1v) is 7.57. The molecule has 0 saturated carbocycles. The zero-order chi connectivity index (χ0) is 16.9. The van der Waals surface area contributed by atoms with Gasteiger partial charge in [0.1, 0.15) is 23.7 Å². The molecule has 2 heterocycles. The lowest BCUT2D eigenvalue weighted by atomic mass is 10.0. The van der Waals surface area contributed by atoms with Crippen molar-refractivity contribution in [1.29, 1.82) is 0 Å². The van der Waals surface area contributed by atoms with E-state index in [0.717, 1.165) is 11.6 Å². The molecule has 0 saturated heterocycles. The molecule has 1 atom stereocenters. The van der Waals surface area contributed by atoms with Crippen molar-refractivity contribution in [2.24, 2.45) is 12.0 Å². The molecule has 0 aromatic carbocycles. The number of halogens is 1. The summed E-state index contributed by atoms with van der Waals surface area (Å²) in [4.78, 5) is 4.47. The molecule has 2 rings (SSSR count). The number of aliphatic hydroxyl groups is 1. The maximum absolute atomic E-state index is 10.5. The van der Waals surface area contributed by atoms with Crippen molar-refractivity contribution in [2.75, 3.05) is 13.1 Å². The van der Waals surface area contributed by atoms with Gasteiger partial charge in [-0.15, -0.1) is 34.2 Å². The summed E-state index contributed by atoms with van der Waals surface area (Å²) in [6.45, 7) is 6.94. The first-order valence-electron chi connectivity index (χ1n) is 7.57.